The molecule has 128 valence electrons. The highest BCUT2D eigenvalue weighted by molar-refractivity contribution is 5.84. The first kappa shape index (κ1) is 19.0. The summed E-state index contributed by atoms with van der Waals surface area (Å²) in [6.07, 6.45) is -0.313. The van der Waals surface area contributed by atoms with Gasteiger partial charge in [-0.05, 0) is 25.0 Å². The van der Waals surface area contributed by atoms with Crippen LogP contribution in [-0.2, 0) is 20.7 Å². The maximum atomic E-state index is 13.8. The first-order valence-electron chi connectivity index (χ1n) is 7.28. The second kappa shape index (κ2) is 8.57. The van der Waals surface area contributed by atoms with Crippen LogP contribution in [0.2, 0.25) is 0 Å². The van der Waals surface area contributed by atoms with Gasteiger partial charge in [0.1, 0.15) is 0 Å². The van der Waals surface area contributed by atoms with Crippen LogP contribution < -0.4 is 5.73 Å². The summed E-state index contributed by atoms with van der Waals surface area (Å²) in [5, 5.41) is 0. The van der Waals surface area contributed by atoms with Gasteiger partial charge in [-0.25, -0.2) is 8.78 Å². The van der Waals surface area contributed by atoms with Gasteiger partial charge in [-0.1, -0.05) is 12.1 Å². The average molecular weight is 328 g/mol. The molecule has 0 spiro atoms. The van der Waals surface area contributed by atoms with Crippen LogP contribution in [0.15, 0.2) is 18.2 Å². The summed E-state index contributed by atoms with van der Waals surface area (Å²) in [6, 6.07) is 3.51. The van der Waals surface area contributed by atoms with Gasteiger partial charge >= 0.3 is 5.97 Å². The number of benzene rings is 1. The number of methoxy groups -OCH3 is 1. The van der Waals surface area contributed by atoms with Gasteiger partial charge in [0.25, 0.3) is 0 Å². The Morgan fingerprint density at radius 1 is 1.35 bits per heavy atom. The zero-order chi connectivity index (χ0) is 17.6. The van der Waals surface area contributed by atoms with Crippen molar-refractivity contribution in [2.75, 3.05) is 20.7 Å². The fourth-order valence-electron chi connectivity index (χ4n) is 2.17. The Labute approximate surface area is 134 Å². The highest BCUT2D eigenvalue weighted by atomic mass is 19.2. The number of esters is 1. The van der Waals surface area contributed by atoms with Gasteiger partial charge in [0.2, 0.25) is 5.91 Å². The summed E-state index contributed by atoms with van der Waals surface area (Å²) < 4.78 is 31.7. The molecule has 0 saturated carbocycles. The number of carbonyl (C=O) groups excluding carboxylic acids is 2. The maximum absolute atomic E-state index is 13.8. The lowest BCUT2D eigenvalue weighted by Crippen LogP contribution is -2.44. The van der Waals surface area contributed by atoms with Gasteiger partial charge in [-0.2, -0.15) is 0 Å². The lowest BCUT2D eigenvalue weighted by atomic mass is 9.94. The molecule has 0 aromatic heterocycles. The van der Waals surface area contributed by atoms with E-state index >= 15 is 0 Å². The van der Waals surface area contributed by atoms with Crippen molar-refractivity contribution in [2.24, 2.45) is 11.7 Å². The fourth-order valence-corrected chi connectivity index (χ4v) is 2.17. The third-order valence-electron chi connectivity index (χ3n) is 3.84. The number of nitrogens with zero attached hydrogens (tertiary/aromatic N) is 1. The molecule has 5 nitrogen and oxygen atoms in total. The van der Waals surface area contributed by atoms with Crippen LogP contribution in [-0.4, -0.2) is 43.5 Å². The molecule has 0 heterocycles. The van der Waals surface area contributed by atoms with Crippen molar-refractivity contribution < 1.29 is 23.1 Å². The molecule has 1 aromatic rings. The van der Waals surface area contributed by atoms with Crippen LogP contribution in [0.1, 0.15) is 18.9 Å². The van der Waals surface area contributed by atoms with E-state index in [-0.39, 0.29) is 36.9 Å². The van der Waals surface area contributed by atoms with Crippen LogP contribution in [0.4, 0.5) is 8.78 Å². The van der Waals surface area contributed by atoms with Crippen molar-refractivity contribution in [1.29, 1.82) is 0 Å². The molecule has 0 aliphatic rings. The van der Waals surface area contributed by atoms with E-state index in [2.05, 4.69) is 4.74 Å². The first-order valence-corrected chi connectivity index (χ1v) is 7.28. The van der Waals surface area contributed by atoms with Crippen LogP contribution in [0.25, 0.3) is 0 Å². The number of hydrogen-bond acceptors (Lipinski definition) is 4. The van der Waals surface area contributed by atoms with Crippen molar-refractivity contribution in [1.82, 2.24) is 4.90 Å². The molecular weight excluding hydrogens is 306 g/mol. The standard InChI is InChI=1S/C16H22F2N2O3/c1-10(9-19)20(2)16(22)12(8-14(21)23-3)7-11-5-4-6-13(17)15(11)18/h4-6,10,12H,7-9,19H2,1-3H3/t10-,12+/m0/s1. The molecule has 0 saturated heterocycles. The van der Waals surface area contributed by atoms with Crippen LogP contribution >= 0.6 is 0 Å². The zero-order valence-corrected chi connectivity index (χ0v) is 13.5. The quantitative estimate of drug-likeness (QED) is 0.770. The predicted molar refractivity (Wildman–Crippen MR) is 81.5 cm³/mol. The number of likely N-dealkylation sites (N-methyl/N-ethyl adjacent to an activating group) is 1. The third kappa shape index (κ3) is 4.99. The van der Waals surface area contributed by atoms with Gasteiger partial charge in [-0.15, -0.1) is 0 Å². The number of halogens is 2. The lowest BCUT2D eigenvalue weighted by Gasteiger charge is -2.28. The molecule has 0 radical (unpaired) electrons. The maximum Gasteiger partial charge on any atom is 0.306 e. The van der Waals surface area contributed by atoms with E-state index in [1.54, 1.807) is 14.0 Å². The van der Waals surface area contributed by atoms with E-state index in [0.717, 1.165) is 6.07 Å². The van der Waals surface area contributed by atoms with Crippen molar-refractivity contribution >= 4 is 11.9 Å². The molecule has 0 aliphatic carbocycles. The van der Waals surface area contributed by atoms with Crippen molar-refractivity contribution in [3.8, 4) is 0 Å². The zero-order valence-electron chi connectivity index (χ0n) is 13.5. The summed E-state index contributed by atoms with van der Waals surface area (Å²) in [4.78, 5) is 25.5. The molecule has 1 aromatic carbocycles. The summed E-state index contributed by atoms with van der Waals surface area (Å²) in [5.41, 5.74) is 5.58. The van der Waals surface area contributed by atoms with E-state index in [1.807, 2.05) is 0 Å². The number of amides is 1. The number of ether oxygens (including phenoxy) is 1. The summed E-state index contributed by atoms with van der Waals surface area (Å²) >= 11 is 0. The Morgan fingerprint density at radius 3 is 2.57 bits per heavy atom. The average Bonchev–Trinajstić information content (AvgIpc) is 2.55. The Hall–Kier alpha value is -2.02. The molecule has 0 bridgehead atoms. The summed E-state index contributed by atoms with van der Waals surface area (Å²) in [5.74, 6) is -3.80. The van der Waals surface area contributed by atoms with Crippen molar-refractivity contribution in [2.45, 2.75) is 25.8 Å². The molecule has 23 heavy (non-hydrogen) atoms. The predicted octanol–water partition coefficient (Wildman–Crippen LogP) is 1.49. The number of hydrogen-bond donors (Lipinski definition) is 1. The molecule has 0 aliphatic heterocycles. The third-order valence-corrected chi connectivity index (χ3v) is 3.84. The van der Waals surface area contributed by atoms with E-state index in [9.17, 15) is 18.4 Å². The second-order valence-electron chi connectivity index (χ2n) is 5.43. The van der Waals surface area contributed by atoms with Gasteiger partial charge in [0, 0.05) is 19.6 Å². The minimum atomic E-state index is -1.01. The highest BCUT2D eigenvalue weighted by Crippen LogP contribution is 2.20. The first-order chi connectivity index (χ1) is 10.8. The van der Waals surface area contributed by atoms with Gasteiger partial charge in [-0.3, -0.25) is 9.59 Å². The molecule has 0 unspecified atom stereocenters. The number of carbonyl (C=O) groups is 2. The van der Waals surface area contributed by atoms with Crippen LogP contribution in [0.5, 0.6) is 0 Å². The minimum Gasteiger partial charge on any atom is -0.469 e. The number of rotatable bonds is 7. The molecule has 2 atom stereocenters. The Bertz CT molecular complexity index is 566. The molecular formula is C16H22F2N2O3. The Morgan fingerprint density at radius 2 is 2.00 bits per heavy atom. The molecule has 2 N–H and O–H groups in total. The highest BCUT2D eigenvalue weighted by Gasteiger charge is 2.28. The molecule has 1 rings (SSSR count). The monoisotopic (exact) mass is 328 g/mol. The van der Waals surface area contributed by atoms with Crippen molar-refractivity contribution in [3.05, 3.63) is 35.4 Å². The van der Waals surface area contributed by atoms with E-state index in [4.69, 9.17) is 5.73 Å². The topological polar surface area (TPSA) is 72.6 Å². The normalized spacial score (nSPS) is 13.3. The Kier molecular flexibility index (Phi) is 7.09. The van der Waals surface area contributed by atoms with Crippen LogP contribution in [0, 0.1) is 17.6 Å². The molecule has 1 amide bonds. The smallest absolute Gasteiger partial charge is 0.306 e. The Balaban J connectivity index is 3.03. The number of nitrogens with two attached hydrogens (primary N) is 1. The van der Waals surface area contributed by atoms with Crippen LogP contribution in [0.3, 0.4) is 0 Å². The summed E-state index contributed by atoms with van der Waals surface area (Å²) in [6.45, 7) is 2.01. The minimum absolute atomic E-state index is 0.0426. The van der Waals surface area contributed by atoms with Gasteiger partial charge < -0.3 is 15.4 Å². The van der Waals surface area contributed by atoms with Crippen molar-refractivity contribution in [3.63, 3.8) is 0 Å². The van der Waals surface area contributed by atoms with E-state index < -0.39 is 23.5 Å². The van der Waals surface area contributed by atoms with Gasteiger partial charge in [0.15, 0.2) is 11.6 Å². The summed E-state index contributed by atoms with van der Waals surface area (Å²) in [7, 11) is 2.77. The molecule has 0 fully saturated rings. The second-order valence-corrected chi connectivity index (χ2v) is 5.43. The van der Waals surface area contributed by atoms with E-state index in [1.165, 1.54) is 24.1 Å². The molecule has 7 heteroatoms. The largest absolute Gasteiger partial charge is 0.469 e. The fraction of sp³-hybridized carbons (Fsp3) is 0.500. The van der Waals surface area contributed by atoms with Gasteiger partial charge in [0.05, 0.1) is 19.4 Å². The lowest BCUT2D eigenvalue weighted by molar-refractivity contribution is -0.147. The SMILES string of the molecule is COC(=O)C[C@@H](Cc1cccc(F)c1F)C(=O)N(C)[C@@H](C)CN. The van der Waals surface area contributed by atoms with E-state index in [0.29, 0.717) is 0 Å².